The molecule has 0 aromatic heterocycles. The third kappa shape index (κ3) is 4.79. The number of nitrogens with one attached hydrogen (secondary N) is 1. The number of phenolic OH excluding ortho intramolecular Hbond substituents is 1. The van der Waals surface area contributed by atoms with Crippen molar-refractivity contribution in [3.63, 3.8) is 0 Å². The molecular weight excluding hydrogens is 240 g/mol. The maximum atomic E-state index is 10.9. The molecule has 0 spiro atoms. The minimum atomic E-state index is -0.850. The Bertz CT molecular complexity index is 393. The molecule has 1 unspecified atom stereocenters. The molecule has 0 saturated heterocycles. The minimum Gasteiger partial charge on any atom is -0.508 e. The van der Waals surface area contributed by atoms with E-state index in [0.717, 1.165) is 11.8 Å². The first kappa shape index (κ1) is 13.9. The molecule has 0 radical (unpaired) electrons. The number of hydrogen-bond acceptors (Lipinski definition) is 6. The molecule has 7 heteroatoms. The maximum Gasteiger partial charge on any atom is 0.294 e. The summed E-state index contributed by atoms with van der Waals surface area (Å²) >= 11 is 0. The highest BCUT2D eigenvalue weighted by atomic mass is 16.9. The monoisotopic (exact) mass is 254 g/mol. The molecule has 0 saturated carbocycles. The lowest BCUT2D eigenvalue weighted by atomic mass is 10.1. The first-order valence-electron chi connectivity index (χ1n) is 5.38. The van der Waals surface area contributed by atoms with E-state index in [2.05, 4.69) is 10.2 Å². The average molecular weight is 254 g/mol. The third-order valence-electron chi connectivity index (χ3n) is 2.27. The van der Waals surface area contributed by atoms with E-state index in [-0.39, 0.29) is 12.4 Å². The Morgan fingerprint density at radius 3 is 2.67 bits per heavy atom. The molecule has 1 aromatic rings. The van der Waals surface area contributed by atoms with Crippen LogP contribution in [0.15, 0.2) is 24.3 Å². The van der Waals surface area contributed by atoms with Crippen LogP contribution in [-0.2, 0) is 9.63 Å². The van der Waals surface area contributed by atoms with Crippen molar-refractivity contribution in [2.24, 2.45) is 0 Å². The van der Waals surface area contributed by atoms with Gasteiger partial charge in [0.05, 0.1) is 12.6 Å². The Balaban J connectivity index is 2.36. The average Bonchev–Trinajstić information content (AvgIpc) is 2.35. The number of carbonyl (C=O) groups excluding carboxylic acids is 1. The number of aldehydes is 1. The molecule has 1 atom stereocenters. The first-order valence-corrected chi connectivity index (χ1v) is 5.38. The summed E-state index contributed by atoms with van der Waals surface area (Å²) in [6.07, 6.45) is 1.16. The number of rotatable bonds is 8. The van der Waals surface area contributed by atoms with E-state index in [0.29, 0.717) is 13.0 Å². The smallest absolute Gasteiger partial charge is 0.294 e. The summed E-state index contributed by atoms with van der Waals surface area (Å²) in [5.74, 6) is 0.128. The highest BCUT2D eigenvalue weighted by Crippen LogP contribution is 2.15. The number of benzene rings is 1. The van der Waals surface area contributed by atoms with Crippen LogP contribution >= 0.6 is 0 Å². The molecule has 0 amide bonds. The molecule has 0 heterocycles. The fourth-order valence-electron chi connectivity index (χ4n) is 1.40. The number of nitrogens with zero attached hydrogens (tertiary/aromatic N) is 1. The summed E-state index contributed by atoms with van der Waals surface area (Å²) in [6, 6.07) is 5.75. The second-order valence-corrected chi connectivity index (χ2v) is 3.57. The highest BCUT2D eigenvalue weighted by molar-refractivity contribution is 5.61. The summed E-state index contributed by atoms with van der Waals surface area (Å²) in [5.41, 5.74) is 0.720. The summed E-state index contributed by atoms with van der Waals surface area (Å²) < 4.78 is 0. The van der Waals surface area contributed by atoms with Gasteiger partial charge in [-0.25, -0.2) is 0 Å². The van der Waals surface area contributed by atoms with E-state index < -0.39 is 11.1 Å². The predicted molar refractivity (Wildman–Crippen MR) is 62.5 cm³/mol. The predicted octanol–water partition coefficient (Wildman–Crippen LogP) is 0.820. The van der Waals surface area contributed by atoms with Gasteiger partial charge in [-0.2, -0.15) is 0 Å². The van der Waals surface area contributed by atoms with Crippen molar-refractivity contribution in [2.75, 3.05) is 13.2 Å². The van der Waals surface area contributed by atoms with Crippen LogP contribution in [0.2, 0.25) is 0 Å². The largest absolute Gasteiger partial charge is 0.508 e. The van der Waals surface area contributed by atoms with E-state index in [4.69, 9.17) is 5.11 Å². The van der Waals surface area contributed by atoms with Crippen LogP contribution < -0.4 is 5.32 Å². The van der Waals surface area contributed by atoms with Gasteiger partial charge < -0.3 is 20.1 Å². The molecule has 0 aliphatic heterocycles. The van der Waals surface area contributed by atoms with Crippen molar-refractivity contribution in [3.05, 3.63) is 39.9 Å². The minimum absolute atomic E-state index is 0.0127. The lowest BCUT2D eigenvalue weighted by Gasteiger charge is -2.12. The van der Waals surface area contributed by atoms with Gasteiger partial charge in [-0.15, -0.1) is 10.1 Å². The molecule has 2 N–H and O–H groups in total. The molecule has 0 aliphatic carbocycles. The summed E-state index contributed by atoms with van der Waals surface area (Å²) in [5, 5.41) is 21.1. The zero-order valence-electron chi connectivity index (χ0n) is 9.61. The Kier molecular flexibility index (Phi) is 5.59. The number of aromatic hydroxyl groups is 1. The van der Waals surface area contributed by atoms with E-state index >= 15 is 0 Å². The first-order chi connectivity index (χ1) is 8.63. The van der Waals surface area contributed by atoms with Gasteiger partial charge in [-0.1, -0.05) is 12.1 Å². The van der Waals surface area contributed by atoms with E-state index in [1.165, 1.54) is 12.1 Å². The van der Waals surface area contributed by atoms with E-state index in [9.17, 15) is 14.9 Å². The molecule has 1 aromatic carbocycles. The topological polar surface area (TPSA) is 102 Å². The molecular formula is C11H14N2O5. The van der Waals surface area contributed by atoms with Crippen LogP contribution in [0, 0.1) is 10.1 Å². The van der Waals surface area contributed by atoms with Crippen molar-refractivity contribution in [1.82, 2.24) is 5.32 Å². The maximum absolute atomic E-state index is 10.9. The van der Waals surface area contributed by atoms with Crippen molar-refractivity contribution in [1.29, 1.82) is 0 Å². The molecule has 0 bridgehead atoms. The lowest BCUT2D eigenvalue weighted by molar-refractivity contribution is -0.757. The van der Waals surface area contributed by atoms with Gasteiger partial charge in [0.1, 0.15) is 12.0 Å². The van der Waals surface area contributed by atoms with Crippen LogP contribution in [0.1, 0.15) is 18.0 Å². The second-order valence-electron chi connectivity index (χ2n) is 3.57. The second kappa shape index (κ2) is 7.23. The van der Waals surface area contributed by atoms with Crippen molar-refractivity contribution >= 4 is 6.29 Å². The highest BCUT2D eigenvalue weighted by Gasteiger charge is 2.08. The van der Waals surface area contributed by atoms with Crippen molar-refractivity contribution in [2.45, 2.75) is 12.5 Å². The number of carbonyl (C=O) groups is 1. The van der Waals surface area contributed by atoms with Crippen LogP contribution in [0.3, 0.4) is 0 Å². The number of phenols is 1. The van der Waals surface area contributed by atoms with Gasteiger partial charge in [0.25, 0.3) is 5.09 Å². The molecule has 0 fully saturated rings. The van der Waals surface area contributed by atoms with Crippen LogP contribution in [0.4, 0.5) is 0 Å². The van der Waals surface area contributed by atoms with Gasteiger partial charge in [0.2, 0.25) is 0 Å². The SMILES string of the molecule is O=CC(NCCCO[N+](=O)[O-])c1ccc(O)cc1. The molecule has 7 nitrogen and oxygen atoms in total. The molecule has 0 aliphatic rings. The molecule has 98 valence electrons. The normalized spacial score (nSPS) is 11.8. The van der Waals surface area contributed by atoms with Gasteiger partial charge in [-0.3, -0.25) is 0 Å². The number of hydrogen-bond donors (Lipinski definition) is 2. The zero-order chi connectivity index (χ0) is 13.4. The summed E-state index contributed by atoms with van der Waals surface area (Å²) in [6.45, 7) is 0.402. The fraction of sp³-hybridized carbons (Fsp3) is 0.364. The Morgan fingerprint density at radius 2 is 2.11 bits per heavy atom. The Hall–Kier alpha value is -2.15. The Labute approximate surface area is 103 Å². The standard InChI is InChI=1S/C11H14N2O5/c14-8-11(9-2-4-10(15)5-3-9)12-6-1-7-18-13(16)17/h2-5,8,11-12,15H,1,6-7H2. The lowest BCUT2D eigenvalue weighted by Crippen LogP contribution is -2.24. The van der Waals surface area contributed by atoms with Crippen LogP contribution in [-0.4, -0.2) is 29.6 Å². The Morgan fingerprint density at radius 1 is 1.44 bits per heavy atom. The van der Waals surface area contributed by atoms with Crippen LogP contribution in [0.5, 0.6) is 5.75 Å². The van der Waals surface area contributed by atoms with Crippen molar-refractivity contribution in [3.8, 4) is 5.75 Å². The van der Waals surface area contributed by atoms with Crippen LogP contribution in [0.25, 0.3) is 0 Å². The van der Waals surface area contributed by atoms with Gasteiger partial charge in [-0.05, 0) is 30.7 Å². The van der Waals surface area contributed by atoms with E-state index in [1.54, 1.807) is 12.1 Å². The quantitative estimate of drug-likeness (QED) is 0.308. The molecule has 18 heavy (non-hydrogen) atoms. The molecule has 1 rings (SSSR count). The summed E-state index contributed by atoms with van der Waals surface area (Å²) in [4.78, 5) is 24.9. The fourth-order valence-corrected chi connectivity index (χ4v) is 1.40. The third-order valence-corrected chi connectivity index (χ3v) is 2.27. The van der Waals surface area contributed by atoms with Gasteiger partial charge >= 0.3 is 0 Å². The van der Waals surface area contributed by atoms with E-state index in [1.807, 2.05) is 0 Å². The van der Waals surface area contributed by atoms with Gasteiger partial charge in [0, 0.05) is 0 Å². The zero-order valence-corrected chi connectivity index (χ0v) is 9.61. The van der Waals surface area contributed by atoms with Gasteiger partial charge in [0.15, 0.2) is 0 Å². The van der Waals surface area contributed by atoms with Crippen molar-refractivity contribution < 1.29 is 19.8 Å². The summed E-state index contributed by atoms with van der Waals surface area (Å²) in [7, 11) is 0.